The van der Waals surface area contributed by atoms with E-state index in [0.29, 0.717) is 6.61 Å². The molecule has 106 valence electrons. The van der Waals surface area contributed by atoms with Gasteiger partial charge in [-0.15, -0.1) is 0 Å². The van der Waals surface area contributed by atoms with Crippen LogP contribution in [0.5, 0.6) is 0 Å². The van der Waals surface area contributed by atoms with Gasteiger partial charge in [0.05, 0.1) is 6.61 Å². The molecule has 0 unspecified atom stereocenters. The van der Waals surface area contributed by atoms with Crippen LogP contribution in [0.2, 0.25) is 0 Å². The van der Waals surface area contributed by atoms with Gasteiger partial charge in [-0.1, -0.05) is 31.2 Å². The molecule has 0 aliphatic heterocycles. The number of anilines is 1. The third-order valence-corrected chi connectivity index (χ3v) is 3.33. The minimum atomic E-state index is 0.622. The van der Waals surface area contributed by atoms with Gasteiger partial charge in [-0.25, -0.2) is 9.97 Å². The minimum Gasteiger partial charge on any atom is -0.380 e. The number of hydrogen-bond acceptors (Lipinski definition) is 4. The summed E-state index contributed by atoms with van der Waals surface area (Å²) in [7, 11) is 3.59. The van der Waals surface area contributed by atoms with E-state index in [1.165, 1.54) is 5.56 Å². The largest absolute Gasteiger partial charge is 0.380 e. The zero-order valence-corrected chi connectivity index (χ0v) is 12.5. The second-order valence-corrected chi connectivity index (χ2v) is 4.69. The number of hydrogen-bond donors (Lipinski definition) is 1. The second-order valence-electron chi connectivity index (χ2n) is 4.69. The van der Waals surface area contributed by atoms with E-state index in [1.807, 2.05) is 38.2 Å². The first-order valence-electron chi connectivity index (χ1n) is 6.83. The van der Waals surface area contributed by atoms with Crippen molar-refractivity contribution < 1.29 is 4.74 Å². The lowest BCUT2D eigenvalue weighted by molar-refractivity contribution is 0.185. The highest BCUT2D eigenvalue weighted by molar-refractivity contribution is 5.60. The van der Waals surface area contributed by atoms with Gasteiger partial charge in [0.1, 0.15) is 5.82 Å². The van der Waals surface area contributed by atoms with Crippen molar-refractivity contribution in [3.05, 3.63) is 41.1 Å². The van der Waals surface area contributed by atoms with Crippen molar-refractivity contribution in [2.75, 3.05) is 19.5 Å². The van der Waals surface area contributed by atoms with E-state index in [1.54, 1.807) is 7.11 Å². The van der Waals surface area contributed by atoms with E-state index in [-0.39, 0.29) is 0 Å². The molecule has 20 heavy (non-hydrogen) atoms. The molecule has 2 aromatic rings. The number of methoxy groups -OCH3 is 1. The SMILES string of the molecule is CCc1c(C)nc(-c2ccc(COC)cc2)nc1NC. The Morgan fingerprint density at radius 2 is 1.85 bits per heavy atom. The molecule has 0 spiro atoms. The lowest BCUT2D eigenvalue weighted by Gasteiger charge is -2.11. The van der Waals surface area contributed by atoms with Crippen molar-refractivity contribution in [2.45, 2.75) is 26.9 Å². The maximum atomic E-state index is 5.12. The fourth-order valence-corrected chi connectivity index (χ4v) is 2.27. The highest BCUT2D eigenvalue weighted by Crippen LogP contribution is 2.22. The van der Waals surface area contributed by atoms with Gasteiger partial charge in [0, 0.05) is 31.0 Å². The molecule has 0 fully saturated rings. The quantitative estimate of drug-likeness (QED) is 0.907. The lowest BCUT2D eigenvalue weighted by Crippen LogP contribution is -2.05. The van der Waals surface area contributed by atoms with Crippen molar-refractivity contribution in [2.24, 2.45) is 0 Å². The maximum absolute atomic E-state index is 5.12. The molecule has 4 heteroatoms. The Bertz CT molecular complexity index is 579. The van der Waals surface area contributed by atoms with Crippen molar-refractivity contribution in [3.63, 3.8) is 0 Å². The Morgan fingerprint density at radius 1 is 1.15 bits per heavy atom. The van der Waals surface area contributed by atoms with Crippen LogP contribution in [0.15, 0.2) is 24.3 Å². The summed E-state index contributed by atoms with van der Waals surface area (Å²) in [4.78, 5) is 9.23. The highest BCUT2D eigenvalue weighted by Gasteiger charge is 2.10. The van der Waals surface area contributed by atoms with E-state index < -0.39 is 0 Å². The van der Waals surface area contributed by atoms with Crippen molar-refractivity contribution in [1.82, 2.24) is 9.97 Å². The van der Waals surface area contributed by atoms with Crippen LogP contribution in [0.25, 0.3) is 11.4 Å². The van der Waals surface area contributed by atoms with Crippen LogP contribution in [0, 0.1) is 6.92 Å². The Hall–Kier alpha value is -1.94. The van der Waals surface area contributed by atoms with Crippen molar-refractivity contribution in [1.29, 1.82) is 0 Å². The molecule has 0 amide bonds. The van der Waals surface area contributed by atoms with Gasteiger partial charge in [0.25, 0.3) is 0 Å². The van der Waals surface area contributed by atoms with Crippen LogP contribution in [-0.2, 0) is 17.8 Å². The van der Waals surface area contributed by atoms with Gasteiger partial charge in [-0.2, -0.15) is 0 Å². The Kier molecular flexibility index (Phi) is 4.69. The van der Waals surface area contributed by atoms with Crippen LogP contribution < -0.4 is 5.32 Å². The van der Waals surface area contributed by atoms with Crippen LogP contribution >= 0.6 is 0 Å². The van der Waals surface area contributed by atoms with Gasteiger partial charge in [-0.3, -0.25) is 0 Å². The average molecular weight is 271 g/mol. The molecule has 1 aromatic carbocycles. The molecule has 1 heterocycles. The number of nitrogens with one attached hydrogen (secondary N) is 1. The van der Waals surface area contributed by atoms with Gasteiger partial charge >= 0.3 is 0 Å². The van der Waals surface area contributed by atoms with Crippen molar-refractivity contribution in [3.8, 4) is 11.4 Å². The molecule has 0 atom stereocenters. The molecule has 0 saturated heterocycles. The Labute approximate surface area is 120 Å². The first-order valence-corrected chi connectivity index (χ1v) is 6.83. The van der Waals surface area contributed by atoms with E-state index >= 15 is 0 Å². The first-order chi connectivity index (χ1) is 9.69. The topological polar surface area (TPSA) is 47.0 Å². The summed E-state index contributed by atoms with van der Waals surface area (Å²) in [6, 6.07) is 8.16. The smallest absolute Gasteiger partial charge is 0.161 e. The number of nitrogens with zero attached hydrogens (tertiary/aromatic N) is 2. The molecule has 2 rings (SSSR count). The van der Waals surface area contributed by atoms with Gasteiger partial charge in [0.15, 0.2) is 5.82 Å². The summed E-state index contributed by atoms with van der Waals surface area (Å²) in [6.07, 6.45) is 0.926. The molecule has 0 bridgehead atoms. The predicted molar refractivity (Wildman–Crippen MR) is 81.8 cm³/mol. The normalized spacial score (nSPS) is 10.6. The maximum Gasteiger partial charge on any atom is 0.161 e. The fraction of sp³-hybridized carbons (Fsp3) is 0.375. The summed E-state index contributed by atoms with van der Waals surface area (Å²) >= 11 is 0. The zero-order chi connectivity index (χ0) is 14.5. The van der Waals surface area contributed by atoms with Gasteiger partial charge in [0.2, 0.25) is 0 Å². The summed E-state index contributed by atoms with van der Waals surface area (Å²) in [5.41, 5.74) is 4.37. The van der Waals surface area contributed by atoms with E-state index in [0.717, 1.165) is 34.9 Å². The van der Waals surface area contributed by atoms with Crippen molar-refractivity contribution >= 4 is 5.82 Å². The van der Waals surface area contributed by atoms with Gasteiger partial charge < -0.3 is 10.1 Å². The summed E-state index contributed by atoms with van der Waals surface area (Å²) < 4.78 is 5.12. The van der Waals surface area contributed by atoms with E-state index in [4.69, 9.17) is 4.74 Å². The summed E-state index contributed by atoms with van der Waals surface area (Å²) in [5.74, 6) is 1.67. The first kappa shape index (κ1) is 14.5. The monoisotopic (exact) mass is 271 g/mol. The zero-order valence-electron chi connectivity index (χ0n) is 12.5. The Balaban J connectivity index is 2.39. The molecule has 0 saturated carbocycles. The fourth-order valence-electron chi connectivity index (χ4n) is 2.27. The molecule has 1 N–H and O–H groups in total. The molecule has 1 aromatic heterocycles. The average Bonchev–Trinajstić information content (AvgIpc) is 2.47. The predicted octanol–water partition coefficient (Wildman–Crippen LogP) is 3.20. The molecular formula is C16H21N3O. The molecule has 0 aliphatic carbocycles. The Morgan fingerprint density at radius 3 is 2.40 bits per heavy atom. The number of aryl methyl sites for hydroxylation is 1. The molecular weight excluding hydrogens is 250 g/mol. The van der Waals surface area contributed by atoms with Crippen LogP contribution in [0.4, 0.5) is 5.82 Å². The van der Waals surface area contributed by atoms with Gasteiger partial charge in [-0.05, 0) is 18.9 Å². The van der Waals surface area contributed by atoms with E-state index in [2.05, 4.69) is 22.2 Å². The second kappa shape index (κ2) is 6.48. The lowest BCUT2D eigenvalue weighted by atomic mass is 10.1. The highest BCUT2D eigenvalue weighted by atomic mass is 16.5. The molecule has 0 radical (unpaired) electrons. The number of rotatable bonds is 5. The molecule has 0 aliphatic rings. The third-order valence-electron chi connectivity index (χ3n) is 3.33. The van der Waals surface area contributed by atoms with Crippen LogP contribution in [0.1, 0.15) is 23.7 Å². The number of ether oxygens (including phenoxy) is 1. The van der Waals surface area contributed by atoms with Crippen LogP contribution in [0.3, 0.4) is 0 Å². The molecule has 4 nitrogen and oxygen atoms in total. The van der Waals surface area contributed by atoms with E-state index in [9.17, 15) is 0 Å². The summed E-state index contributed by atoms with van der Waals surface area (Å²) in [6.45, 7) is 4.77. The number of benzene rings is 1. The minimum absolute atomic E-state index is 0.622. The summed E-state index contributed by atoms with van der Waals surface area (Å²) in [5, 5.41) is 3.16. The van der Waals surface area contributed by atoms with Crippen LogP contribution in [-0.4, -0.2) is 24.1 Å². The third kappa shape index (κ3) is 2.96. The standard InChI is InChI=1S/C16H21N3O/c1-5-14-11(2)18-15(19-16(14)17-3)13-8-6-12(7-9-13)10-20-4/h6-9H,5,10H2,1-4H3,(H,17,18,19). The number of aromatic nitrogens is 2.